The van der Waals surface area contributed by atoms with Crippen LogP contribution in [0.5, 0.6) is 0 Å². The molecule has 2 aliphatic carbocycles. The molecule has 0 radical (unpaired) electrons. The van der Waals surface area contributed by atoms with Crippen LogP contribution >= 0.6 is 0 Å². The molecule has 1 nitrogen and oxygen atoms in total. The Kier molecular flexibility index (Phi) is 3.19. The molecule has 1 aromatic rings. The topological polar surface area (TPSA) is 12.0 Å². The molecule has 1 aromatic carbocycles. The van der Waals surface area contributed by atoms with Gasteiger partial charge in [0.05, 0.1) is 0 Å². The van der Waals surface area contributed by atoms with E-state index in [9.17, 15) is 0 Å². The van der Waals surface area contributed by atoms with E-state index in [1.165, 1.54) is 32.2 Å². The lowest BCUT2D eigenvalue weighted by Crippen LogP contribution is -2.24. The first-order valence-electron chi connectivity index (χ1n) is 7.49. The Morgan fingerprint density at radius 2 is 1.94 bits per heavy atom. The van der Waals surface area contributed by atoms with Gasteiger partial charge in [0.15, 0.2) is 0 Å². The van der Waals surface area contributed by atoms with E-state index in [-0.39, 0.29) is 0 Å². The van der Waals surface area contributed by atoms with Gasteiger partial charge in [0, 0.05) is 6.04 Å². The lowest BCUT2D eigenvalue weighted by atomic mass is 9.85. The molecule has 2 unspecified atom stereocenters. The van der Waals surface area contributed by atoms with Crippen LogP contribution in [-0.2, 0) is 5.41 Å². The molecule has 18 heavy (non-hydrogen) atoms. The van der Waals surface area contributed by atoms with Crippen LogP contribution in [0.4, 0.5) is 0 Å². The van der Waals surface area contributed by atoms with Gasteiger partial charge < -0.3 is 5.32 Å². The lowest BCUT2D eigenvalue weighted by Gasteiger charge is -2.21. The third kappa shape index (κ3) is 2.47. The van der Waals surface area contributed by atoms with E-state index in [1.54, 1.807) is 5.56 Å². The summed E-state index contributed by atoms with van der Waals surface area (Å²) in [4.78, 5) is 0. The number of hydrogen-bond acceptors (Lipinski definition) is 1. The maximum Gasteiger partial charge on any atom is 0.00683 e. The minimum Gasteiger partial charge on any atom is -0.314 e. The maximum absolute atomic E-state index is 3.72. The Labute approximate surface area is 111 Å². The summed E-state index contributed by atoms with van der Waals surface area (Å²) in [6.45, 7) is 5.94. The predicted molar refractivity (Wildman–Crippen MR) is 76.7 cm³/mol. The zero-order valence-electron chi connectivity index (χ0n) is 11.7. The molecular formula is C17H25N. The molecule has 2 fully saturated rings. The fourth-order valence-corrected chi connectivity index (χ4v) is 3.46. The van der Waals surface area contributed by atoms with Crippen molar-refractivity contribution in [3.63, 3.8) is 0 Å². The van der Waals surface area contributed by atoms with Crippen molar-refractivity contribution in [3.8, 4) is 0 Å². The largest absolute Gasteiger partial charge is 0.314 e. The summed E-state index contributed by atoms with van der Waals surface area (Å²) < 4.78 is 0. The Balaban J connectivity index is 1.70. The molecule has 0 bridgehead atoms. The highest BCUT2D eigenvalue weighted by atomic mass is 15.0. The van der Waals surface area contributed by atoms with Gasteiger partial charge in [-0.1, -0.05) is 44.2 Å². The molecule has 1 heteroatoms. The van der Waals surface area contributed by atoms with E-state index in [4.69, 9.17) is 0 Å². The third-order valence-electron chi connectivity index (χ3n) is 4.58. The number of rotatable bonds is 6. The first-order chi connectivity index (χ1) is 8.71. The summed E-state index contributed by atoms with van der Waals surface area (Å²) in [6, 6.07) is 12.0. The van der Waals surface area contributed by atoms with Crippen molar-refractivity contribution in [1.82, 2.24) is 5.32 Å². The molecule has 98 valence electrons. The standard InChI is InChI=1S/C17H25N/c1-13(2)10-17(14-6-4-3-5-7-14)11-15(17)12-18-16-8-9-16/h3-7,13,15-16,18H,8-12H2,1-2H3. The molecule has 0 aromatic heterocycles. The first-order valence-corrected chi connectivity index (χ1v) is 7.49. The molecule has 0 aliphatic heterocycles. The van der Waals surface area contributed by atoms with E-state index in [0.717, 1.165) is 17.9 Å². The Morgan fingerprint density at radius 3 is 2.56 bits per heavy atom. The van der Waals surface area contributed by atoms with Crippen LogP contribution in [0.3, 0.4) is 0 Å². The van der Waals surface area contributed by atoms with Gasteiger partial charge in [-0.2, -0.15) is 0 Å². The van der Waals surface area contributed by atoms with Crippen LogP contribution in [0.1, 0.15) is 45.1 Å². The average molecular weight is 243 g/mol. The molecule has 1 N–H and O–H groups in total. The van der Waals surface area contributed by atoms with Gasteiger partial charge in [0.25, 0.3) is 0 Å². The summed E-state index contributed by atoms with van der Waals surface area (Å²) in [5.41, 5.74) is 2.05. The average Bonchev–Trinajstić information content (AvgIpc) is 3.23. The molecule has 2 atom stereocenters. The van der Waals surface area contributed by atoms with Gasteiger partial charge in [-0.3, -0.25) is 0 Å². The monoisotopic (exact) mass is 243 g/mol. The first kappa shape index (κ1) is 12.2. The molecule has 0 saturated heterocycles. The van der Waals surface area contributed by atoms with Gasteiger partial charge in [-0.05, 0) is 55.0 Å². The number of nitrogens with one attached hydrogen (secondary N) is 1. The van der Waals surface area contributed by atoms with Crippen molar-refractivity contribution in [3.05, 3.63) is 35.9 Å². The van der Waals surface area contributed by atoms with E-state index >= 15 is 0 Å². The molecule has 2 saturated carbocycles. The second-order valence-electron chi connectivity index (χ2n) is 6.70. The van der Waals surface area contributed by atoms with Crippen molar-refractivity contribution < 1.29 is 0 Å². The molecule has 0 spiro atoms. The van der Waals surface area contributed by atoms with Gasteiger partial charge in [0.2, 0.25) is 0 Å². The highest BCUT2D eigenvalue weighted by Gasteiger charge is 2.54. The Hall–Kier alpha value is -0.820. The fourth-order valence-electron chi connectivity index (χ4n) is 3.46. The summed E-state index contributed by atoms with van der Waals surface area (Å²) in [5.74, 6) is 1.65. The van der Waals surface area contributed by atoms with Crippen molar-refractivity contribution in [2.24, 2.45) is 11.8 Å². The lowest BCUT2D eigenvalue weighted by molar-refractivity contribution is 0.444. The fraction of sp³-hybridized carbons (Fsp3) is 0.647. The number of hydrogen-bond donors (Lipinski definition) is 1. The van der Waals surface area contributed by atoms with Crippen LogP contribution in [0.15, 0.2) is 30.3 Å². The van der Waals surface area contributed by atoms with Gasteiger partial charge in [-0.15, -0.1) is 0 Å². The van der Waals surface area contributed by atoms with Gasteiger partial charge >= 0.3 is 0 Å². The molecular weight excluding hydrogens is 218 g/mol. The van der Waals surface area contributed by atoms with Crippen molar-refractivity contribution in [1.29, 1.82) is 0 Å². The summed E-state index contributed by atoms with van der Waals surface area (Å²) in [5, 5.41) is 3.72. The summed E-state index contributed by atoms with van der Waals surface area (Å²) in [6.07, 6.45) is 5.52. The number of benzene rings is 1. The molecule has 2 aliphatic rings. The van der Waals surface area contributed by atoms with Crippen LogP contribution in [-0.4, -0.2) is 12.6 Å². The second-order valence-corrected chi connectivity index (χ2v) is 6.70. The van der Waals surface area contributed by atoms with E-state index in [1.807, 2.05) is 0 Å². The van der Waals surface area contributed by atoms with Crippen LogP contribution in [0, 0.1) is 11.8 Å². The Bertz CT molecular complexity index is 393. The van der Waals surface area contributed by atoms with Crippen LogP contribution < -0.4 is 5.32 Å². The minimum atomic E-state index is 0.483. The van der Waals surface area contributed by atoms with Crippen LogP contribution in [0.25, 0.3) is 0 Å². The van der Waals surface area contributed by atoms with Crippen LogP contribution in [0.2, 0.25) is 0 Å². The van der Waals surface area contributed by atoms with Gasteiger partial charge in [0.1, 0.15) is 0 Å². The Morgan fingerprint density at radius 1 is 1.22 bits per heavy atom. The smallest absolute Gasteiger partial charge is 0.00683 e. The normalized spacial score (nSPS) is 30.7. The summed E-state index contributed by atoms with van der Waals surface area (Å²) in [7, 11) is 0. The molecule has 0 amide bonds. The van der Waals surface area contributed by atoms with E-state index in [2.05, 4.69) is 49.5 Å². The van der Waals surface area contributed by atoms with Gasteiger partial charge in [-0.25, -0.2) is 0 Å². The van der Waals surface area contributed by atoms with Crippen molar-refractivity contribution >= 4 is 0 Å². The maximum atomic E-state index is 3.72. The summed E-state index contributed by atoms with van der Waals surface area (Å²) >= 11 is 0. The second kappa shape index (κ2) is 4.70. The zero-order valence-corrected chi connectivity index (χ0v) is 11.7. The van der Waals surface area contributed by atoms with E-state index < -0.39 is 0 Å². The van der Waals surface area contributed by atoms with Crippen molar-refractivity contribution in [2.75, 3.05) is 6.54 Å². The molecule has 0 heterocycles. The van der Waals surface area contributed by atoms with E-state index in [0.29, 0.717) is 5.41 Å². The zero-order chi connectivity index (χ0) is 12.6. The SMILES string of the molecule is CC(C)CC1(c2ccccc2)CC1CNC1CC1. The predicted octanol–water partition coefficient (Wildman–Crippen LogP) is 3.74. The highest BCUT2D eigenvalue weighted by molar-refractivity contribution is 5.34. The molecule has 3 rings (SSSR count). The third-order valence-corrected chi connectivity index (χ3v) is 4.58. The quantitative estimate of drug-likeness (QED) is 0.802. The highest BCUT2D eigenvalue weighted by Crippen LogP contribution is 2.57. The van der Waals surface area contributed by atoms with Crippen molar-refractivity contribution in [2.45, 2.75) is 51.0 Å². The minimum absolute atomic E-state index is 0.483.